The summed E-state index contributed by atoms with van der Waals surface area (Å²) < 4.78 is 10.1. The van der Waals surface area contributed by atoms with Crippen molar-refractivity contribution in [2.75, 3.05) is 20.3 Å². The van der Waals surface area contributed by atoms with Crippen LogP contribution in [0, 0.1) is 0 Å². The van der Waals surface area contributed by atoms with Crippen molar-refractivity contribution in [3.8, 4) is 5.75 Å². The molecular formula is C11H12ClNO3. The Balaban J connectivity index is 2.43. The van der Waals surface area contributed by atoms with Crippen molar-refractivity contribution in [2.45, 2.75) is 5.41 Å². The van der Waals surface area contributed by atoms with Gasteiger partial charge in [0.1, 0.15) is 11.2 Å². The van der Waals surface area contributed by atoms with Crippen LogP contribution in [-0.4, -0.2) is 26.2 Å². The van der Waals surface area contributed by atoms with Crippen molar-refractivity contribution < 1.29 is 14.3 Å². The molecule has 1 fully saturated rings. The smallest absolute Gasteiger partial charge is 0.232 e. The van der Waals surface area contributed by atoms with Crippen LogP contribution >= 0.6 is 11.6 Å². The molecule has 0 aliphatic carbocycles. The normalized spacial score (nSPS) is 17.6. The van der Waals surface area contributed by atoms with Gasteiger partial charge in [0.05, 0.1) is 20.3 Å². The molecule has 1 saturated heterocycles. The Morgan fingerprint density at radius 3 is 2.62 bits per heavy atom. The molecule has 0 radical (unpaired) electrons. The molecule has 1 heterocycles. The summed E-state index contributed by atoms with van der Waals surface area (Å²) >= 11 is 6.11. The fourth-order valence-electron chi connectivity index (χ4n) is 1.75. The number of hydrogen-bond acceptors (Lipinski definition) is 3. The molecule has 0 spiro atoms. The average Bonchev–Trinajstić information content (AvgIpc) is 2.18. The summed E-state index contributed by atoms with van der Waals surface area (Å²) in [5.41, 5.74) is 5.32. The number of nitrogens with two attached hydrogens (primary N) is 1. The predicted octanol–water partition coefficient (Wildman–Crippen LogP) is 1.10. The molecule has 2 rings (SSSR count). The van der Waals surface area contributed by atoms with Gasteiger partial charge in [0.25, 0.3) is 0 Å². The lowest BCUT2D eigenvalue weighted by atomic mass is 9.78. The highest BCUT2D eigenvalue weighted by atomic mass is 35.5. The zero-order valence-electron chi connectivity index (χ0n) is 8.83. The number of hydrogen-bond donors (Lipinski definition) is 1. The minimum absolute atomic E-state index is 0.286. The van der Waals surface area contributed by atoms with Crippen LogP contribution in [0.4, 0.5) is 0 Å². The van der Waals surface area contributed by atoms with Crippen molar-refractivity contribution >= 4 is 17.5 Å². The van der Waals surface area contributed by atoms with E-state index < -0.39 is 11.3 Å². The summed E-state index contributed by atoms with van der Waals surface area (Å²) in [5.74, 6) is 0.236. The van der Waals surface area contributed by atoms with Crippen molar-refractivity contribution in [1.82, 2.24) is 0 Å². The zero-order chi connectivity index (χ0) is 11.8. The van der Waals surface area contributed by atoms with Gasteiger partial charge in [-0.25, -0.2) is 0 Å². The highest BCUT2D eigenvalue weighted by Crippen LogP contribution is 2.37. The number of methoxy groups -OCH3 is 1. The summed E-state index contributed by atoms with van der Waals surface area (Å²) in [4.78, 5) is 11.5. The van der Waals surface area contributed by atoms with Gasteiger partial charge in [-0.15, -0.1) is 0 Å². The lowest BCUT2D eigenvalue weighted by molar-refractivity contribution is -0.141. The Morgan fingerprint density at radius 1 is 1.56 bits per heavy atom. The number of carbonyl (C=O) groups is 1. The Bertz CT molecular complexity index is 429. The van der Waals surface area contributed by atoms with E-state index in [-0.39, 0.29) is 13.2 Å². The fourth-order valence-corrected chi connectivity index (χ4v) is 2.10. The molecule has 0 aromatic heterocycles. The molecule has 4 nitrogen and oxygen atoms in total. The van der Waals surface area contributed by atoms with Crippen LogP contribution in [0.25, 0.3) is 0 Å². The largest absolute Gasteiger partial charge is 0.497 e. The third-order valence-corrected chi connectivity index (χ3v) is 3.17. The van der Waals surface area contributed by atoms with Crippen molar-refractivity contribution in [2.24, 2.45) is 5.73 Å². The second kappa shape index (κ2) is 3.96. The van der Waals surface area contributed by atoms with E-state index in [1.165, 1.54) is 0 Å². The number of ether oxygens (including phenoxy) is 2. The second-order valence-corrected chi connectivity index (χ2v) is 4.19. The van der Waals surface area contributed by atoms with Crippen LogP contribution in [-0.2, 0) is 14.9 Å². The molecule has 5 heteroatoms. The molecule has 1 amide bonds. The Morgan fingerprint density at radius 2 is 2.25 bits per heavy atom. The molecular weight excluding hydrogens is 230 g/mol. The Labute approximate surface area is 98.3 Å². The number of halogens is 1. The lowest BCUT2D eigenvalue weighted by Crippen LogP contribution is -2.56. The average molecular weight is 242 g/mol. The molecule has 0 bridgehead atoms. The number of carbonyl (C=O) groups excluding carboxylic acids is 1. The maximum absolute atomic E-state index is 11.5. The van der Waals surface area contributed by atoms with E-state index in [1.807, 2.05) is 0 Å². The van der Waals surface area contributed by atoms with Gasteiger partial charge in [-0.1, -0.05) is 17.7 Å². The Hall–Kier alpha value is -1.26. The summed E-state index contributed by atoms with van der Waals surface area (Å²) in [6, 6.07) is 5.18. The summed E-state index contributed by atoms with van der Waals surface area (Å²) in [7, 11) is 1.56. The molecule has 0 unspecified atom stereocenters. The summed E-state index contributed by atoms with van der Waals surface area (Å²) in [5, 5.41) is 0.474. The number of rotatable bonds is 3. The van der Waals surface area contributed by atoms with Gasteiger partial charge in [-0.3, -0.25) is 4.79 Å². The SMILES string of the molecule is COc1ccc(C2(C(N)=O)COC2)c(Cl)c1. The van der Waals surface area contributed by atoms with E-state index in [0.29, 0.717) is 16.3 Å². The second-order valence-electron chi connectivity index (χ2n) is 3.78. The highest BCUT2D eigenvalue weighted by molar-refractivity contribution is 6.32. The third kappa shape index (κ3) is 1.54. The van der Waals surface area contributed by atoms with Gasteiger partial charge in [0.15, 0.2) is 0 Å². The van der Waals surface area contributed by atoms with Gasteiger partial charge in [-0.2, -0.15) is 0 Å². The van der Waals surface area contributed by atoms with Crippen molar-refractivity contribution in [1.29, 1.82) is 0 Å². The topological polar surface area (TPSA) is 61.5 Å². The molecule has 1 aromatic carbocycles. The minimum atomic E-state index is -0.774. The fraction of sp³-hybridized carbons (Fsp3) is 0.364. The Kier molecular flexibility index (Phi) is 2.78. The van der Waals surface area contributed by atoms with Gasteiger partial charge in [0, 0.05) is 5.02 Å². The van der Waals surface area contributed by atoms with Gasteiger partial charge in [-0.05, 0) is 17.7 Å². The van der Waals surface area contributed by atoms with Crippen LogP contribution in [0.2, 0.25) is 5.02 Å². The van der Waals surface area contributed by atoms with Gasteiger partial charge in [0.2, 0.25) is 5.91 Å². The number of primary amides is 1. The zero-order valence-corrected chi connectivity index (χ0v) is 9.58. The molecule has 1 aliphatic rings. The van der Waals surface area contributed by atoms with E-state index in [0.717, 1.165) is 0 Å². The first kappa shape index (κ1) is 11.2. The van der Waals surface area contributed by atoms with Gasteiger partial charge >= 0.3 is 0 Å². The molecule has 1 aromatic rings. The van der Waals surface area contributed by atoms with E-state index in [4.69, 9.17) is 26.8 Å². The van der Waals surface area contributed by atoms with Crippen LogP contribution in [0.1, 0.15) is 5.56 Å². The molecule has 1 aliphatic heterocycles. The highest BCUT2D eigenvalue weighted by Gasteiger charge is 2.47. The molecule has 2 N–H and O–H groups in total. The first-order chi connectivity index (χ1) is 7.60. The van der Waals surface area contributed by atoms with Crippen LogP contribution in [0.3, 0.4) is 0 Å². The van der Waals surface area contributed by atoms with Crippen LogP contribution < -0.4 is 10.5 Å². The molecule has 16 heavy (non-hydrogen) atoms. The first-order valence-electron chi connectivity index (χ1n) is 4.82. The molecule has 0 saturated carbocycles. The van der Waals surface area contributed by atoms with E-state index in [9.17, 15) is 4.79 Å². The van der Waals surface area contributed by atoms with E-state index in [1.54, 1.807) is 25.3 Å². The van der Waals surface area contributed by atoms with Crippen LogP contribution in [0.5, 0.6) is 5.75 Å². The molecule has 0 atom stereocenters. The number of benzene rings is 1. The standard InChI is InChI=1S/C11H12ClNO3/c1-15-7-2-3-8(9(12)4-7)11(10(13)14)5-16-6-11/h2-4H,5-6H2,1H3,(H2,13,14). The number of amides is 1. The van der Waals surface area contributed by atoms with Crippen LogP contribution in [0.15, 0.2) is 18.2 Å². The lowest BCUT2D eigenvalue weighted by Gasteiger charge is -2.39. The van der Waals surface area contributed by atoms with Crippen molar-refractivity contribution in [3.63, 3.8) is 0 Å². The van der Waals surface area contributed by atoms with Crippen molar-refractivity contribution in [3.05, 3.63) is 28.8 Å². The maximum atomic E-state index is 11.5. The van der Waals surface area contributed by atoms with Gasteiger partial charge < -0.3 is 15.2 Å². The predicted molar refractivity (Wildman–Crippen MR) is 59.7 cm³/mol. The molecule has 86 valence electrons. The summed E-state index contributed by atoms with van der Waals surface area (Å²) in [6.45, 7) is 0.572. The minimum Gasteiger partial charge on any atom is -0.497 e. The summed E-state index contributed by atoms with van der Waals surface area (Å²) in [6.07, 6.45) is 0. The third-order valence-electron chi connectivity index (χ3n) is 2.86. The monoisotopic (exact) mass is 241 g/mol. The van der Waals surface area contributed by atoms with E-state index in [2.05, 4.69) is 0 Å². The first-order valence-corrected chi connectivity index (χ1v) is 5.19. The van der Waals surface area contributed by atoms with E-state index >= 15 is 0 Å². The maximum Gasteiger partial charge on any atom is 0.232 e. The quantitative estimate of drug-likeness (QED) is 0.862.